The molecule has 4 nitrogen and oxygen atoms in total. The molecule has 0 aromatic heterocycles. The highest BCUT2D eigenvalue weighted by atomic mass is 79.9. The molecule has 1 aromatic rings. The summed E-state index contributed by atoms with van der Waals surface area (Å²) in [5.41, 5.74) is 0.0329. The van der Waals surface area contributed by atoms with Gasteiger partial charge in [-0.3, -0.25) is 10.1 Å². The summed E-state index contributed by atoms with van der Waals surface area (Å²) in [5, 5.41) is 10.5. The molecule has 0 unspecified atom stereocenters. The molecule has 0 spiro atoms. The van der Waals surface area contributed by atoms with Crippen LogP contribution >= 0.6 is 15.9 Å². The number of nitro groups is 1. The van der Waals surface area contributed by atoms with Crippen molar-refractivity contribution in [2.45, 2.75) is 13.3 Å². The Kier molecular flexibility index (Phi) is 3.88. The highest BCUT2D eigenvalue weighted by molar-refractivity contribution is 9.10. The van der Waals surface area contributed by atoms with Gasteiger partial charge < -0.3 is 4.74 Å². The van der Waals surface area contributed by atoms with Crippen LogP contribution in [0.2, 0.25) is 0 Å². The van der Waals surface area contributed by atoms with E-state index < -0.39 is 4.92 Å². The predicted octanol–water partition coefficient (Wildman–Crippen LogP) is 3.15. The maximum absolute atomic E-state index is 10.5. The maximum atomic E-state index is 10.5. The minimum absolute atomic E-state index is 0.0329. The standard InChI is InChI=1S/C9H10BrNO3/c1-2-3-14-9-5-7(10)4-8(6-9)11(12)13/h4-6H,2-3H2,1H3. The number of benzene rings is 1. The Labute approximate surface area is 90.2 Å². The van der Waals surface area contributed by atoms with Gasteiger partial charge in [0.25, 0.3) is 5.69 Å². The molecule has 0 fully saturated rings. The van der Waals surface area contributed by atoms with Gasteiger partial charge >= 0.3 is 0 Å². The predicted molar refractivity (Wildman–Crippen MR) is 56.6 cm³/mol. The minimum Gasteiger partial charge on any atom is -0.493 e. The topological polar surface area (TPSA) is 52.4 Å². The number of non-ortho nitro benzene ring substituents is 1. The zero-order chi connectivity index (χ0) is 10.6. The van der Waals surface area contributed by atoms with Crippen LogP contribution in [0.1, 0.15) is 13.3 Å². The lowest BCUT2D eigenvalue weighted by Gasteiger charge is -2.04. The Morgan fingerprint density at radius 2 is 2.21 bits per heavy atom. The van der Waals surface area contributed by atoms with Gasteiger partial charge in [-0.05, 0) is 12.5 Å². The summed E-state index contributed by atoms with van der Waals surface area (Å²) in [6.07, 6.45) is 0.875. The molecule has 5 heteroatoms. The summed E-state index contributed by atoms with van der Waals surface area (Å²) in [5.74, 6) is 0.521. The van der Waals surface area contributed by atoms with Crippen LogP contribution in [0.5, 0.6) is 5.75 Å². The molecule has 0 saturated heterocycles. The van der Waals surface area contributed by atoms with Crippen molar-refractivity contribution in [3.05, 3.63) is 32.8 Å². The summed E-state index contributed by atoms with van der Waals surface area (Å²) in [7, 11) is 0. The van der Waals surface area contributed by atoms with Gasteiger partial charge in [-0.2, -0.15) is 0 Å². The van der Waals surface area contributed by atoms with E-state index >= 15 is 0 Å². The third-order valence-corrected chi connectivity index (χ3v) is 2.00. The van der Waals surface area contributed by atoms with E-state index in [0.717, 1.165) is 6.42 Å². The molecule has 14 heavy (non-hydrogen) atoms. The number of ether oxygens (including phenoxy) is 1. The van der Waals surface area contributed by atoms with Crippen LogP contribution in [0.25, 0.3) is 0 Å². The van der Waals surface area contributed by atoms with E-state index in [1.807, 2.05) is 6.92 Å². The molecular formula is C9H10BrNO3. The fraction of sp³-hybridized carbons (Fsp3) is 0.333. The van der Waals surface area contributed by atoms with E-state index in [2.05, 4.69) is 15.9 Å². The summed E-state index contributed by atoms with van der Waals surface area (Å²) in [4.78, 5) is 10.1. The zero-order valence-corrected chi connectivity index (χ0v) is 9.28. The fourth-order valence-electron chi connectivity index (χ4n) is 0.957. The second-order valence-corrected chi connectivity index (χ2v) is 3.67. The van der Waals surface area contributed by atoms with Gasteiger partial charge in [0.15, 0.2) is 0 Å². The number of nitrogens with zero attached hydrogens (tertiary/aromatic N) is 1. The summed E-state index contributed by atoms with van der Waals surface area (Å²) in [6.45, 7) is 2.54. The van der Waals surface area contributed by atoms with Crippen molar-refractivity contribution < 1.29 is 9.66 Å². The summed E-state index contributed by atoms with van der Waals surface area (Å²) < 4.78 is 5.94. The van der Waals surface area contributed by atoms with Gasteiger partial charge in [0.2, 0.25) is 0 Å². The van der Waals surface area contributed by atoms with E-state index in [1.165, 1.54) is 12.1 Å². The number of rotatable bonds is 4. The Bertz CT molecular complexity index is 341. The first kappa shape index (κ1) is 11.0. The molecule has 0 amide bonds. The molecule has 0 N–H and O–H groups in total. The average molecular weight is 260 g/mol. The second kappa shape index (κ2) is 4.95. The van der Waals surface area contributed by atoms with Crippen molar-refractivity contribution in [1.29, 1.82) is 0 Å². The lowest BCUT2D eigenvalue weighted by Crippen LogP contribution is -1.96. The van der Waals surface area contributed by atoms with Crippen LogP contribution < -0.4 is 4.74 Å². The molecule has 0 aliphatic carbocycles. The molecule has 0 radical (unpaired) electrons. The van der Waals surface area contributed by atoms with Gasteiger partial charge in [0, 0.05) is 10.5 Å². The van der Waals surface area contributed by atoms with Crippen LogP contribution in [0.15, 0.2) is 22.7 Å². The summed E-state index contributed by atoms with van der Waals surface area (Å²) in [6, 6.07) is 4.57. The highest BCUT2D eigenvalue weighted by Gasteiger charge is 2.08. The van der Waals surface area contributed by atoms with Gasteiger partial charge in [0.05, 0.1) is 17.6 Å². The third-order valence-electron chi connectivity index (χ3n) is 1.54. The highest BCUT2D eigenvalue weighted by Crippen LogP contribution is 2.26. The van der Waals surface area contributed by atoms with Crippen LogP contribution in [0.3, 0.4) is 0 Å². The number of halogens is 1. The molecule has 0 aliphatic heterocycles. The first-order valence-corrected chi connectivity index (χ1v) is 5.00. The minimum atomic E-state index is -0.441. The average Bonchev–Trinajstić information content (AvgIpc) is 2.14. The molecule has 76 valence electrons. The van der Waals surface area contributed by atoms with Crippen molar-refractivity contribution in [3.63, 3.8) is 0 Å². The Balaban J connectivity index is 2.89. The normalized spacial score (nSPS) is 9.86. The van der Waals surface area contributed by atoms with Crippen LogP contribution in [-0.2, 0) is 0 Å². The lowest BCUT2D eigenvalue weighted by molar-refractivity contribution is -0.385. The molecule has 0 saturated carbocycles. The summed E-state index contributed by atoms with van der Waals surface area (Å²) >= 11 is 3.19. The molecule has 0 heterocycles. The first-order valence-electron chi connectivity index (χ1n) is 4.21. The van der Waals surface area contributed by atoms with Crippen LogP contribution in [-0.4, -0.2) is 11.5 Å². The van der Waals surface area contributed by atoms with E-state index in [1.54, 1.807) is 6.07 Å². The largest absolute Gasteiger partial charge is 0.493 e. The fourth-order valence-corrected chi connectivity index (χ4v) is 1.42. The van der Waals surface area contributed by atoms with Crippen LogP contribution in [0.4, 0.5) is 5.69 Å². The van der Waals surface area contributed by atoms with E-state index in [4.69, 9.17) is 4.74 Å². The SMILES string of the molecule is CCCOc1cc(Br)cc([N+](=O)[O-])c1. The van der Waals surface area contributed by atoms with E-state index in [0.29, 0.717) is 16.8 Å². The number of hydrogen-bond acceptors (Lipinski definition) is 3. The van der Waals surface area contributed by atoms with E-state index in [-0.39, 0.29) is 5.69 Å². The van der Waals surface area contributed by atoms with Crippen molar-refractivity contribution in [1.82, 2.24) is 0 Å². The quantitative estimate of drug-likeness (QED) is 0.617. The van der Waals surface area contributed by atoms with Crippen molar-refractivity contribution in [2.24, 2.45) is 0 Å². The molecule has 1 rings (SSSR count). The maximum Gasteiger partial charge on any atom is 0.274 e. The zero-order valence-electron chi connectivity index (χ0n) is 7.70. The van der Waals surface area contributed by atoms with Crippen LogP contribution in [0, 0.1) is 10.1 Å². The monoisotopic (exact) mass is 259 g/mol. The molecule has 0 atom stereocenters. The first-order chi connectivity index (χ1) is 6.63. The smallest absolute Gasteiger partial charge is 0.274 e. The van der Waals surface area contributed by atoms with E-state index in [9.17, 15) is 10.1 Å². The molecular weight excluding hydrogens is 250 g/mol. The Morgan fingerprint density at radius 1 is 1.50 bits per heavy atom. The second-order valence-electron chi connectivity index (χ2n) is 2.75. The van der Waals surface area contributed by atoms with Gasteiger partial charge in [0.1, 0.15) is 5.75 Å². The van der Waals surface area contributed by atoms with Crippen molar-refractivity contribution in [2.75, 3.05) is 6.61 Å². The number of hydrogen-bond donors (Lipinski definition) is 0. The molecule has 0 aliphatic rings. The van der Waals surface area contributed by atoms with Crippen molar-refractivity contribution >= 4 is 21.6 Å². The Hall–Kier alpha value is -1.10. The molecule has 1 aromatic carbocycles. The van der Waals surface area contributed by atoms with Crippen molar-refractivity contribution in [3.8, 4) is 5.75 Å². The van der Waals surface area contributed by atoms with Gasteiger partial charge in [-0.15, -0.1) is 0 Å². The third kappa shape index (κ3) is 2.99. The number of nitro benzene ring substituents is 1. The lowest BCUT2D eigenvalue weighted by atomic mass is 10.3. The van der Waals surface area contributed by atoms with Gasteiger partial charge in [-0.1, -0.05) is 22.9 Å². The van der Waals surface area contributed by atoms with Gasteiger partial charge in [-0.25, -0.2) is 0 Å². The molecule has 0 bridgehead atoms. The Morgan fingerprint density at radius 3 is 2.79 bits per heavy atom.